The van der Waals surface area contributed by atoms with E-state index in [0.29, 0.717) is 5.41 Å². The maximum Gasteiger partial charge on any atom is 0.0257 e. The predicted octanol–water partition coefficient (Wildman–Crippen LogP) is 3.81. The Kier molecular flexibility index (Phi) is 5.30. The summed E-state index contributed by atoms with van der Waals surface area (Å²) in [5.74, 6) is 0. The fourth-order valence-electron chi connectivity index (χ4n) is 4.19. The van der Waals surface area contributed by atoms with E-state index in [0.717, 1.165) is 24.7 Å². The summed E-state index contributed by atoms with van der Waals surface area (Å²) in [7, 11) is 0. The van der Waals surface area contributed by atoms with Gasteiger partial charge in [-0.2, -0.15) is 0 Å². The van der Waals surface area contributed by atoms with Gasteiger partial charge in [-0.3, -0.25) is 4.90 Å². The Balaban J connectivity index is 2.10. The third kappa shape index (κ3) is 3.95. The number of hydrogen-bond donors (Lipinski definition) is 1. The van der Waals surface area contributed by atoms with E-state index >= 15 is 0 Å². The molecule has 0 radical (unpaired) electrons. The standard InChI is InChI=1S/C17H34N2/c1-5-18-15-10-11-17(3,4)13-16(15)19-12-8-6-7-9-14(19)2/h14-16,18H,5-13H2,1-4H3. The Labute approximate surface area is 120 Å². The van der Waals surface area contributed by atoms with Gasteiger partial charge in [-0.1, -0.05) is 33.6 Å². The lowest BCUT2D eigenvalue weighted by atomic mass is 9.72. The van der Waals surface area contributed by atoms with Crippen molar-refractivity contribution >= 4 is 0 Å². The van der Waals surface area contributed by atoms with Crippen molar-refractivity contribution in [2.45, 2.75) is 90.8 Å². The zero-order valence-corrected chi connectivity index (χ0v) is 13.5. The molecule has 1 heterocycles. The molecule has 1 saturated heterocycles. The Morgan fingerprint density at radius 2 is 1.95 bits per heavy atom. The lowest BCUT2D eigenvalue weighted by molar-refractivity contribution is 0.0426. The maximum absolute atomic E-state index is 3.77. The van der Waals surface area contributed by atoms with E-state index in [-0.39, 0.29) is 0 Å². The van der Waals surface area contributed by atoms with Crippen LogP contribution in [0.3, 0.4) is 0 Å². The fraction of sp³-hybridized carbons (Fsp3) is 1.00. The van der Waals surface area contributed by atoms with E-state index in [4.69, 9.17) is 0 Å². The Morgan fingerprint density at radius 3 is 2.68 bits per heavy atom. The molecule has 0 amide bonds. The van der Waals surface area contributed by atoms with Gasteiger partial charge in [0, 0.05) is 18.1 Å². The van der Waals surface area contributed by atoms with Crippen molar-refractivity contribution in [2.75, 3.05) is 13.1 Å². The first-order valence-corrected chi connectivity index (χ1v) is 8.52. The highest BCUT2D eigenvalue weighted by atomic mass is 15.2. The average molecular weight is 266 g/mol. The average Bonchev–Trinajstić information content (AvgIpc) is 2.56. The Hall–Kier alpha value is -0.0800. The molecule has 19 heavy (non-hydrogen) atoms. The van der Waals surface area contributed by atoms with Crippen molar-refractivity contribution in [1.29, 1.82) is 0 Å². The second kappa shape index (κ2) is 6.58. The number of likely N-dealkylation sites (N-methyl/N-ethyl adjacent to an activating group) is 1. The Bertz CT molecular complexity index is 274. The van der Waals surface area contributed by atoms with Crippen LogP contribution in [-0.4, -0.2) is 36.1 Å². The lowest BCUT2D eigenvalue weighted by Crippen LogP contribution is -2.56. The van der Waals surface area contributed by atoms with Crippen LogP contribution in [0, 0.1) is 5.41 Å². The minimum Gasteiger partial charge on any atom is -0.313 e. The summed E-state index contributed by atoms with van der Waals surface area (Å²) in [6.07, 6.45) is 9.77. The van der Waals surface area contributed by atoms with Crippen LogP contribution in [0.25, 0.3) is 0 Å². The summed E-state index contributed by atoms with van der Waals surface area (Å²) in [6, 6.07) is 2.26. The van der Waals surface area contributed by atoms with Gasteiger partial charge in [0.1, 0.15) is 0 Å². The van der Waals surface area contributed by atoms with Gasteiger partial charge in [-0.05, 0) is 57.5 Å². The summed E-state index contributed by atoms with van der Waals surface area (Å²) in [6.45, 7) is 12.1. The van der Waals surface area contributed by atoms with Crippen molar-refractivity contribution in [1.82, 2.24) is 10.2 Å². The van der Waals surface area contributed by atoms with Crippen molar-refractivity contribution < 1.29 is 0 Å². The van der Waals surface area contributed by atoms with Gasteiger partial charge >= 0.3 is 0 Å². The van der Waals surface area contributed by atoms with Gasteiger partial charge in [0.05, 0.1) is 0 Å². The molecule has 0 aromatic rings. The van der Waals surface area contributed by atoms with E-state index in [1.165, 1.54) is 51.5 Å². The molecule has 3 atom stereocenters. The van der Waals surface area contributed by atoms with Crippen LogP contribution in [0.2, 0.25) is 0 Å². The minimum absolute atomic E-state index is 0.530. The monoisotopic (exact) mass is 266 g/mol. The second-order valence-corrected chi connectivity index (χ2v) is 7.57. The third-order valence-corrected chi connectivity index (χ3v) is 5.35. The molecule has 2 aliphatic rings. The van der Waals surface area contributed by atoms with E-state index in [1.54, 1.807) is 0 Å². The largest absolute Gasteiger partial charge is 0.313 e. The first-order chi connectivity index (χ1) is 9.03. The third-order valence-electron chi connectivity index (χ3n) is 5.35. The van der Waals surface area contributed by atoms with E-state index in [9.17, 15) is 0 Å². The van der Waals surface area contributed by atoms with Gasteiger partial charge in [0.25, 0.3) is 0 Å². The van der Waals surface area contributed by atoms with Gasteiger partial charge in [0.15, 0.2) is 0 Å². The summed E-state index contributed by atoms with van der Waals surface area (Å²) in [5, 5.41) is 3.77. The molecule has 2 rings (SSSR count). The molecule has 1 aliphatic heterocycles. The molecule has 0 aromatic heterocycles. The molecule has 0 spiro atoms. The highest BCUT2D eigenvalue weighted by Crippen LogP contribution is 2.39. The predicted molar refractivity (Wildman–Crippen MR) is 83.5 cm³/mol. The SMILES string of the molecule is CCNC1CCC(C)(C)CC1N1CCCCCC1C. The summed E-state index contributed by atoms with van der Waals surface area (Å²) in [4.78, 5) is 2.85. The zero-order chi connectivity index (χ0) is 13.9. The van der Waals surface area contributed by atoms with Crippen LogP contribution >= 0.6 is 0 Å². The van der Waals surface area contributed by atoms with Crippen LogP contribution in [-0.2, 0) is 0 Å². The molecule has 3 unspecified atom stereocenters. The second-order valence-electron chi connectivity index (χ2n) is 7.57. The zero-order valence-electron chi connectivity index (χ0n) is 13.5. The van der Waals surface area contributed by atoms with Crippen LogP contribution < -0.4 is 5.32 Å². The molecule has 1 N–H and O–H groups in total. The summed E-state index contributed by atoms with van der Waals surface area (Å²) < 4.78 is 0. The molecule has 112 valence electrons. The smallest absolute Gasteiger partial charge is 0.0257 e. The molecule has 0 bridgehead atoms. The Morgan fingerprint density at radius 1 is 1.16 bits per heavy atom. The number of hydrogen-bond acceptors (Lipinski definition) is 2. The number of nitrogens with one attached hydrogen (secondary N) is 1. The van der Waals surface area contributed by atoms with Crippen LogP contribution in [0.4, 0.5) is 0 Å². The molecule has 2 nitrogen and oxygen atoms in total. The number of rotatable bonds is 3. The summed E-state index contributed by atoms with van der Waals surface area (Å²) in [5.41, 5.74) is 0.530. The first kappa shape index (κ1) is 15.3. The van der Waals surface area contributed by atoms with Gasteiger partial charge < -0.3 is 5.32 Å². The topological polar surface area (TPSA) is 15.3 Å². The normalized spacial score (nSPS) is 36.9. The van der Waals surface area contributed by atoms with Crippen molar-refractivity contribution in [3.8, 4) is 0 Å². The summed E-state index contributed by atoms with van der Waals surface area (Å²) >= 11 is 0. The maximum atomic E-state index is 3.77. The lowest BCUT2D eigenvalue weighted by Gasteiger charge is -2.48. The van der Waals surface area contributed by atoms with Gasteiger partial charge in [-0.15, -0.1) is 0 Å². The van der Waals surface area contributed by atoms with Crippen molar-refractivity contribution in [2.24, 2.45) is 5.41 Å². The van der Waals surface area contributed by atoms with Crippen molar-refractivity contribution in [3.05, 3.63) is 0 Å². The quantitative estimate of drug-likeness (QED) is 0.835. The first-order valence-electron chi connectivity index (χ1n) is 8.52. The van der Waals surface area contributed by atoms with Crippen molar-refractivity contribution in [3.63, 3.8) is 0 Å². The van der Waals surface area contributed by atoms with Crippen LogP contribution in [0.5, 0.6) is 0 Å². The number of likely N-dealkylation sites (tertiary alicyclic amines) is 1. The molecule has 1 aliphatic carbocycles. The molecule has 2 fully saturated rings. The van der Waals surface area contributed by atoms with Crippen LogP contribution in [0.1, 0.15) is 72.6 Å². The fourth-order valence-corrected chi connectivity index (χ4v) is 4.19. The molecule has 2 heteroatoms. The molecule has 1 saturated carbocycles. The van der Waals surface area contributed by atoms with Gasteiger partial charge in [-0.25, -0.2) is 0 Å². The van der Waals surface area contributed by atoms with Crippen LogP contribution in [0.15, 0.2) is 0 Å². The van der Waals surface area contributed by atoms with E-state index in [1.807, 2.05) is 0 Å². The van der Waals surface area contributed by atoms with E-state index < -0.39 is 0 Å². The van der Waals surface area contributed by atoms with Gasteiger partial charge in [0.2, 0.25) is 0 Å². The molecular formula is C17H34N2. The molecule has 0 aromatic carbocycles. The van der Waals surface area contributed by atoms with E-state index in [2.05, 4.69) is 37.9 Å². The highest BCUT2D eigenvalue weighted by molar-refractivity contribution is 4.96. The minimum atomic E-state index is 0.530. The molecular weight excluding hydrogens is 232 g/mol. The number of nitrogens with zero attached hydrogens (tertiary/aromatic N) is 1. The highest BCUT2D eigenvalue weighted by Gasteiger charge is 2.39.